The summed E-state index contributed by atoms with van der Waals surface area (Å²) in [5.74, 6) is 0. The molecule has 0 aromatic heterocycles. The van der Waals surface area contributed by atoms with E-state index < -0.39 is 0 Å². The van der Waals surface area contributed by atoms with E-state index in [-0.39, 0.29) is 0 Å². The molecule has 0 aliphatic carbocycles. The molecule has 1 N–H and O–H groups in total. The third-order valence-corrected chi connectivity index (χ3v) is 2.28. The molecular formula is C7H13NO. The lowest BCUT2D eigenvalue weighted by Gasteiger charge is -2.24. The second-order valence-electron chi connectivity index (χ2n) is 2.90. The normalized spacial score (nSPS) is 42.7. The zero-order valence-corrected chi connectivity index (χ0v) is 5.60. The number of rotatable bonds is 0. The van der Waals surface area contributed by atoms with Gasteiger partial charge in [0.2, 0.25) is 0 Å². The Morgan fingerprint density at radius 2 is 2.33 bits per heavy atom. The minimum absolute atomic E-state index is 0.554. The maximum atomic E-state index is 5.49. The number of hydrogen-bond donors (Lipinski definition) is 1. The SMILES string of the molecule is C1CN[C@H]2CCO[C@H]2C1. The highest BCUT2D eigenvalue weighted by molar-refractivity contribution is 4.85. The molecule has 0 saturated carbocycles. The molecule has 2 rings (SSSR count). The van der Waals surface area contributed by atoms with Crippen molar-refractivity contribution in [2.24, 2.45) is 0 Å². The Balaban J connectivity index is 1.97. The molecule has 0 radical (unpaired) electrons. The summed E-state index contributed by atoms with van der Waals surface area (Å²) in [6.07, 6.45) is 4.35. The summed E-state index contributed by atoms with van der Waals surface area (Å²) >= 11 is 0. The molecule has 2 aliphatic rings. The molecule has 2 fully saturated rings. The Kier molecular flexibility index (Phi) is 1.44. The van der Waals surface area contributed by atoms with Gasteiger partial charge in [0.1, 0.15) is 0 Å². The minimum atomic E-state index is 0.554. The summed E-state index contributed by atoms with van der Waals surface area (Å²) in [6, 6.07) is 0.693. The first-order valence-corrected chi connectivity index (χ1v) is 3.82. The number of fused-ring (bicyclic) bond motifs is 1. The summed E-state index contributed by atoms with van der Waals surface area (Å²) in [4.78, 5) is 0. The molecule has 52 valence electrons. The van der Waals surface area contributed by atoms with Gasteiger partial charge < -0.3 is 10.1 Å². The molecule has 2 heterocycles. The van der Waals surface area contributed by atoms with E-state index >= 15 is 0 Å². The van der Waals surface area contributed by atoms with Crippen LogP contribution in [-0.4, -0.2) is 25.3 Å². The molecule has 2 atom stereocenters. The van der Waals surface area contributed by atoms with Crippen LogP contribution >= 0.6 is 0 Å². The summed E-state index contributed by atoms with van der Waals surface area (Å²) in [5, 5.41) is 3.46. The lowest BCUT2D eigenvalue weighted by atomic mass is 10.0. The van der Waals surface area contributed by atoms with Crippen LogP contribution in [0.2, 0.25) is 0 Å². The van der Waals surface area contributed by atoms with E-state index in [0.29, 0.717) is 12.1 Å². The first-order valence-electron chi connectivity index (χ1n) is 3.82. The topological polar surface area (TPSA) is 21.3 Å². The smallest absolute Gasteiger partial charge is 0.0729 e. The van der Waals surface area contributed by atoms with Gasteiger partial charge >= 0.3 is 0 Å². The van der Waals surface area contributed by atoms with Gasteiger partial charge in [-0.05, 0) is 25.8 Å². The predicted octanol–water partition coefficient (Wildman–Crippen LogP) is 0.527. The lowest BCUT2D eigenvalue weighted by molar-refractivity contribution is 0.0789. The van der Waals surface area contributed by atoms with Crippen LogP contribution in [0.25, 0.3) is 0 Å². The van der Waals surface area contributed by atoms with Crippen LogP contribution in [0.15, 0.2) is 0 Å². The highest BCUT2D eigenvalue weighted by Crippen LogP contribution is 2.20. The third kappa shape index (κ3) is 0.970. The van der Waals surface area contributed by atoms with E-state index in [4.69, 9.17) is 4.74 Å². The van der Waals surface area contributed by atoms with Crippen molar-refractivity contribution in [3.05, 3.63) is 0 Å². The molecule has 2 nitrogen and oxygen atoms in total. The molecule has 0 unspecified atom stereocenters. The van der Waals surface area contributed by atoms with Crippen molar-refractivity contribution < 1.29 is 4.74 Å². The number of piperidine rings is 1. The van der Waals surface area contributed by atoms with Crippen LogP contribution in [0.1, 0.15) is 19.3 Å². The van der Waals surface area contributed by atoms with Crippen molar-refractivity contribution in [2.75, 3.05) is 13.2 Å². The van der Waals surface area contributed by atoms with Crippen molar-refractivity contribution in [1.29, 1.82) is 0 Å². The van der Waals surface area contributed by atoms with E-state index in [1.165, 1.54) is 25.8 Å². The molecule has 9 heavy (non-hydrogen) atoms. The number of ether oxygens (including phenoxy) is 1. The molecule has 2 aliphatic heterocycles. The standard InChI is InChI=1S/C7H13NO/c1-2-7-6(8-4-1)3-5-9-7/h6-8H,1-5H2/t6-,7-/m0/s1. The summed E-state index contributed by atoms with van der Waals surface area (Å²) in [6.45, 7) is 2.17. The van der Waals surface area contributed by atoms with Gasteiger partial charge in [-0.3, -0.25) is 0 Å². The fraction of sp³-hybridized carbons (Fsp3) is 1.00. The monoisotopic (exact) mass is 127 g/mol. The van der Waals surface area contributed by atoms with Crippen LogP contribution < -0.4 is 5.32 Å². The van der Waals surface area contributed by atoms with Crippen LogP contribution in [0.4, 0.5) is 0 Å². The Bertz CT molecular complexity index is 93.1. The van der Waals surface area contributed by atoms with Crippen molar-refractivity contribution >= 4 is 0 Å². The maximum Gasteiger partial charge on any atom is 0.0729 e. The van der Waals surface area contributed by atoms with Crippen LogP contribution in [0, 0.1) is 0 Å². The Hall–Kier alpha value is -0.0800. The summed E-state index contributed by atoms with van der Waals surface area (Å²) in [7, 11) is 0. The fourth-order valence-corrected chi connectivity index (χ4v) is 1.76. The second kappa shape index (κ2) is 2.27. The van der Waals surface area contributed by atoms with Gasteiger partial charge in [0.25, 0.3) is 0 Å². The Morgan fingerprint density at radius 1 is 1.33 bits per heavy atom. The van der Waals surface area contributed by atoms with Crippen LogP contribution in [0.5, 0.6) is 0 Å². The quantitative estimate of drug-likeness (QED) is 0.512. The van der Waals surface area contributed by atoms with Crippen molar-refractivity contribution in [1.82, 2.24) is 5.32 Å². The average molecular weight is 127 g/mol. The van der Waals surface area contributed by atoms with E-state index in [1.807, 2.05) is 0 Å². The van der Waals surface area contributed by atoms with Crippen LogP contribution in [-0.2, 0) is 4.74 Å². The first kappa shape index (κ1) is 5.69. The molecular weight excluding hydrogens is 114 g/mol. The molecule has 0 aromatic carbocycles. The van der Waals surface area contributed by atoms with Crippen molar-refractivity contribution in [3.8, 4) is 0 Å². The third-order valence-electron chi connectivity index (χ3n) is 2.28. The Labute approximate surface area is 55.6 Å². The molecule has 0 spiro atoms. The van der Waals surface area contributed by atoms with E-state index in [0.717, 1.165) is 6.61 Å². The largest absolute Gasteiger partial charge is 0.377 e. The predicted molar refractivity (Wildman–Crippen MR) is 35.4 cm³/mol. The lowest BCUT2D eigenvalue weighted by Crippen LogP contribution is -2.41. The average Bonchev–Trinajstić information content (AvgIpc) is 2.33. The summed E-state index contributed by atoms with van der Waals surface area (Å²) in [5.41, 5.74) is 0. The minimum Gasteiger partial charge on any atom is -0.377 e. The first-order chi connectivity index (χ1) is 4.47. The van der Waals surface area contributed by atoms with Gasteiger partial charge in [-0.15, -0.1) is 0 Å². The molecule has 0 amide bonds. The van der Waals surface area contributed by atoms with Gasteiger partial charge in [-0.1, -0.05) is 0 Å². The van der Waals surface area contributed by atoms with E-state index in [2.05, 4.69) is 5.32 Å². The number of nitrogens with one attached hydrogen (secondary N) is 1. The van der Waals surface area contributed by atoms with Gasteiger partial charge in [0.15, 0.2) is 0 Å². The van der Waals surface area contributed by atoms with Gasteiger partial charge in [-0.25, -0.2) is 0 Å². The van der Waals surface area contributed by atoms with Gasteiger partial charge in [0.05, 0.1) is 6.10 Å². The Morgan fingerprint density at radius 3 is 3.22 bits per heavy atom. The maximum absolute atomic E-state index is 5.49. The highest BCUT2D eigenvalue weighted by Gasteiger charge is 2.29. The summed E-state index contributed by atoms with van der Waals surface area (Å²) < 4.78 is 5.49. The van der Waals surface area contributed by atoms with E-state index in [9.17, 15) is 0 Å². The van der Waals surface area contributed by atoms with Crippen LogP contribution in [0.3, 0.4) is 0 Å². The van der Waals surface area contributed by atoms with E-state index in [1.54, 1.807) is 0 Å². The van der Waals surface area contributed by atoms with Crippen molar-refractivity contribution in [2.45, 2.75) is 31.4 Å². The molecule has 2 saturated heterocycles. The van der Waals surface area contributed by atoms with Gasteiger partial charge in [-0.2, -0.15) is 0 Å². The zero-order chi connectivity index (χ0) is 6.10. The van der Waals surface area contributed by atoms with Crippen molar-refractivity contribution in [3.63, 3.8) is 0 Å². The zero-order valence-electron chi connectivity index (χ0n) is 5.60. The second-order valence-corrected chi connectivity index (χ2v) is 2.90. The molecule has 0 bridgehead atoms. The molecule has 2 heteroatoms. The molecule has 0 aromatic rings. The fourth-order valence-electron chi connectivity index (χ4n) is 1.76. The number of hydrogen-bond acceptors (Lipinski definition) is 2. The highest BCUT2D eigenvalue weighted by atomic mass is 16.5. The van der Waals surface area contributed by atoms with Gasteiger partial charge in [0, 0.05) is 12.6 Å².